The molecular formula is C9H9F3N2O3. The lowest BCUT2D eigenvalue weighted by Gasteiger charge is -2.07. The molecule has 0 bridgehead atoms. The second kappa shape index (κ2) is 5.46. The van der Waals surface area contributed by atoms with E-state index >= 15 is 0 Å². The normalized spacial score (nSPS) is 11.1. The first-order chi connectivity index (χ1) is 7.92. The number of alkyl halides is 3. The van der Waals surface area contributed by atoms with Crippen LogP contribution < -0.4 is 4.74 Å². The van der Waals surface area contributed by atoms with E-state index in [9.17, 15) is 18.0 Å². The fraction of sp³-hybridized carbons (Fsp3) is 0.444. The number of rotatable bonds is 4. The SMILES string of the molecule is COC(=O)c1cnc(OCCC(F)(F)F)cn1. The molecule has 1 heterocycles. The molecule has 0 atom stereocenters. The summed E-state index contributed by atoms with van der Waals surface area (Å²) in [5.74, 6) is -0.763. The molecule has 0 spiro atoms. The van der Waals surface area contributed by atoms with Crippen LogP contribution in [0.4, 0.5) is 13.2 Å². The van der Waals surface area contributed by atoms with Crippen molar-refractivity contribution in [2.45, 2.75) is 12.6 Å². The van der Waals surface area contributed by atoms with Gasteiger partial charge < -0.3 is 9.47 Å². The van der Waals surface area contributed by atoms with Crippen LogP contribution in [-0.2, 0) is 4.74 Å². The van der Waals surface area contributed by atoms with Gasteiger partial charge in [0.1, 0.15) is 0 Å². The summed E-state index contributed by atoms with van der Waals surface area (Å²) in [4.78, 5) is 18.2. The molecule has 0 amide bonds. The minimum atomic E-state index is -4.28. The van der Waals surface area contributed by atoms with Crippen molar-refractivity contribution in [3.63, 3.8) is 0 Å². The molecule has 0 N–H and O–H groups in total. The molecule has 1 aromatic heterocycles. The molecule has 1 aromatic rings. The fourth-order valence-corrected chi connectivity index (χ4v) is 0.872. The summed E-state index contributed by atoms with van der Waals surface area (Å²) in [5.41, 5.74) is -0.0457. The molecule has 0 aliphatic carbocycles. The first-order valence-corrected chi connectivity index (χ1v) is 4.52. The van der Waals surface area contributed by atoms with Crippen LogP contribution >= 0.6 is 0 Å². The Balaban J connectivity index is 2.49. The summed E-state index contributed by atoms with van der Waals surface area (Å²) < 4.78 is 44.5. The predicted octanol–water partition coefficient (Wildman–Crippen LogP) is 1.59. The quantitative estimate of drug-likeness (QED) is 0.759. The van der Waals surface area contributed by atoms with E-state index in [2.05, 4.69) is 14.7 Å². The molecule has 5 nitrogen and oxygen atoms in total. The van der Waals surface area contributed by atoms with Crippen LogP contribution in [0.3, 0.4) is 0 Å². The second-order valence-electron chi connectivity index (χ2n) is 2.95. The molecule has 1 rings (SSSR count). The van der Waals surface area contributed by atoms with Crippen molar-refractivity contribution in [3.8, 4) is 5.88 Å². The highest BCUT2D eigenvalue weighted by Gasteiger charge is 2.26. The van der Waals surface area contributed by atoms with Crippen molar-refractivity contribution in [3.05, 3.63) is 18.1 Å². The number of esters is 1. The van der Waals surface area contributed by atoms with E-state index < -0.39 is 25.2 Å². The molecule has 17 heavy (non-hydrogen) atoms. The number of carbonyl (C=O) groups is 1. The van der Waals surface area contributed by atoms with Gasteiger partial charge in [0.05, 0.1) is 32.5 Å². The summed E-state index contributed by atoms with van der Waals surface area (Å²) in [5, 5.41) is 0. The van der Waals surface area contributed by atoms with Crippen LogP contribution in [0, 0.1) is 0 Å². The smallest absolute Gasteiger partial charge is 0.392 e. The van der Waals surface area contributed by atoms with Crippen LogP contribution in [0.15, 0.2) is 12.4 Å². The number of nitrogens with zero attached hydrogens (tertiary/aromatic N) is 2. The third-order valence-electron chi connectivity index (χ3n) is 1.66. The van der Waals surface area contributed by atoms with E-state index in [1.165, 1.54) is 7.11 Å². The molecule has 94 valence electrons. The van der Waals surface area contributed by atoms with E-state index in [0.717, 1.165) is 12.4 Å². The maximum atomic E-state index is 11.8. The van der Waals surface area contributed by atoms with Gasteiger partial charge in [0.25, 0.3) is 0 Å². The lowest BCUT2D eigenvalue weighted by molar-refractivity contribution is -0.139. The van der Waals surface area contributed by atoms with Gasteiger partial charge in [-0.25, -0.2) is 14.8 Å². The monoisotopic (exact) mass is 250 g/mol. The van der Waals surface area contributed by atoms with Crippen molar-refractivity contribution < 1.29 is 27.4 Å². The van der Waals surface area contributed by atoms with Crippen molar-refractivity contribution in [2.75, 3.05) is 13.7 Å². The van der Waals surface area contributed by atoms with Crippen LogP contribution in [0.5, 0.6) is 5.88 Å². The van der Waals surface area contributed by atoms with E-state index in [1.807, 2.05) is 0 Å². The Labute approximate surface area is 94.6 Å². The molecule has 0 saturated carbocycles. The van der Waals surface area contributed by atoms with Crippen LogP contribution in [0.25, 0.3) is 0 Å². The zero-order valence-corrected chi connectivity index (χ0v) is 8.82. The highest BCUT2D eigenvalue weighted by atomic mass is 19.4. The molecule has 0 aliphatic heterocycles. The van der Waals surface area contributed by atoms with E-state index in [1.54, 1.807) is 0 Å². The van der Waals surface area contributed by atoms with Crippen molar-refractivity contribution in [1.29, 1.82) is 0 Å². The molecule has 0 radical (unpaired) electrons. The van der Waals surface area contributed by atoms with Gasteiger partial charge in [-0.1, -0.05) is 0 Å². The minimum Gasteiger partial charge on any atom is -0.476 e. The molecule has 0 aliphatic rings. The van der Waals surface area contributed by atoms with Crippen LogP contribution in [0.2, 0.25) is 0 Å². The van der Waals surface area contributed by atoms with E-state index in [-0.39, 0.29) is 11.6 Å². The molecule has 0 aromatic carbocycles. The zero-order chi connectivity index (χ0) is 12.9. The van der Waals surface area contributed by atoms with Gasteiger partial charge in [-0.15, -0.1) is 0 Å². The minimum absolute atomic E-state index is 0.0457. The largest absolute Gasteiger partial charge is 0.476 e. The van der Waals surface area contributed by atoms with Gasteiger partial charge in [-0.05, 0) is 0 Å². The maximum Gasteiger partial charge on any atom is 0.392 e. The topological polar surface area (TPSA) is 61.3 Å². The third kappa shape index (κ3) is 4.66. The van der Waals surface area contributed by atoms with E-state index in [0.29, 0.717) is 0 Å². The molecular weight excluding hydrogens is 241 g/mol. The predicted molar refractivity (Wildman–Crippen MR) is 49.5 cm³/mol. The van der Waals surface area contributed by atoms with Crippen LogP contribution in [-0.4, -0.2) is 35.8 Å². The van der Waals surface area contributed by atoms with Gasteiger partial charge in [0.2, 0.25) is 5.88 Å². The number of halogens is 3. The van der Waals surface area contributed by atoms with Gasteiger partial charge in [-0.2, -0.15) is 13.2 Å². The number of hydrogen-bond acceptors (Lipinski definition) is 5. The third-order valence-corrected chi connectivity index (χ3v) is 1.66. The van der Waals surface area contributed by atoms with E-state index in [4.69, 9.17) is 4.74 Å². The van der Waals surface area contributed by atoms with Crippen molar-refractivity contribution >= 4 is 5.97 Å². The molecule has 0 saturated heterocycles. The Kier molecular flexibility index (Phi) is 4.24. The van der Waals surface area contributed by atoms with Crippen molar-refractivity contribution in [1.82, 2.24) is 9.97 Å². The molecule has 0 fully saturated rings. The Morgan fingerprint density at radius 3 is 2.53 bits per heavy atom. The Morgan fingerprint density at radius 2 is 2.06 bits per heavy atom. The Morgan fingerprint density at radius 1 is 1.35 bits per heavy atom. The number of aromatic nitrogens is 2. The summed E-state index contributed by atoms with van der Waals surface area (Å²) in [6.45, 7) is -0.546. The molecule has 8 heteroatoms. The zero-order valence-electron chi connectivity index (χ0n) is 8.82. The van der Waals surface area contributed by atoms with Gasteiger partial charge in [-0.3, -0.25) is 0 Å². The first kappa shape index (κ1) is 13.2. The lowest BCUT2D eigenvalue weighted by Crippen LogP contribution is -2.13. The van der Waals surface area contributed by atoms with Crippen molar-refractivity contribution in [2.24, 2.45) is 0 Å². The van der Waals surface area contributed by atoms with Gasteiger partial charge in [0.15, 0.2) is 5.69 Å². The summed E-state index contributed by atoms with van der Waals surface area (Å²) in [6.07, 6.45) is -3.23. The number of methoxy groups -OCH3 is 1. The second-order valence-corrected chi connectivity index (χ2v) is 2.95. The summed E-state index contributed by atoms with van der Waals surface area (Å²) >= 11 is 0. The summed E-state index contributed by atoms with van der Waals surface area (Å²) in [6, 6.07) is 0. The van der Waals surface area contributed by atoms with Gasteiger partial charge >= 0.3 is 12.1 Å². The van der Waals surface area contributed by atoms with Crippen LogP contribution in [0.1, 0.15) is 16.9 Å². The molecule has 0 unspecified atom stereocenters. The van der Waals surface area contributed by atoms with Gasteiger partial charge in [0, 0.05) is 0 Å². The maximum absolute atomic E-state index is 11.8. The Hall–Kier alpha value is -1.86. The fourth-order valence-electron chi connectivity index (χ4n) is 0.872. The highest BCUT2D eigenvalue weighted by Crippen LogP contribution is 2.19. The average molecular weight is 250 g/mol. The Bertz CT molecular complexity index is 378. The number of hydrogen-bond donors (Lipinski definition) is 0. The average Bonchev–Trinajstić information content (AvgIpc) is 2.27. The number of carbonyl (C=O) groups excluding carboxylic acids is 1. The summed E-state index contributed by atoms with van der Waals surface area (Å²) in [7, 11) is 1.18. The number of ether oxygens (including phenoxy) is 2. The first-order valence-electron chi connectivity index (χ1n) is 4.52. The standard InChI is InChI=1S/C9H9F3N2O3/c1-16-8(15)6-4-14-7(5-13-6)17-3-2-9(10,11)12/h4-5H,2-3H2,1H3. The lowest BCUT2D eigenvalue weighted by atomic mass is 10.4. The highest BCUT2D eigenvalue weighted by molar-refractivity contribution is 5.86.